The topological polar surface area (TPSA) is 59.3 Å². The first kappa shape index (κ1) is 19.9. The van der Waals surface area contributed by atoms with Gasteiger partial charge in [0.1, 0.15) is 22.6 Å². The summed E-state index contributed by atoms with van der Waals surface area (Å²) in [7, 11) is 0. The Morgan fingerprint density at radius 3 is 1.82 bits per heavy atom. The molecule has 0 saturated heterocycles. The molecule has 3 aliphatic heterocycles. The first-order valence-electron chi connectivity index (χ1n) is 12.7. The van der Waals surface area contributed by atoms with Crippen molar-refractivity contribution >= 4 is 51.8 Å². The summed E-state index contributed by atoms with van der Waals surface area (Å²) in [4.78, 5) is 20.6. The predicted molar refractivity (Wildman–Crippen MR) is 151 cm³/mol. The van der Waals surface area contributed by atoms with E-state index >= 15 is 0 Å². The van der Waals surface area contributed by atoms with E-state index in [1.54, 1.807) is 0 Å². The van der Waals surface area contributed by atoms with E-state index < -0.39 is 0 Å². The largest absolute Gasteiger partial charge is 0.479 e. The number of hydrogen-bond acceptors (Lipinski definition) is 4. The fourth-order valence-electron chi connectivity index (χ4n) is 5.89. The van der Waals surface area contributed by atoms with Gasteiger partial charge in [0.2, 0.25) is 0 Å². The Bertz CT molecular complexity index is 2200. The van der Waals surface area contributed by atoms with Gasteiger partial charge >= 0.3 is 6.98 Å². The molecule has 4 aliphatic rings. The molecule has 0 fully saturated rings. The standard InChI is InChI=1S/C31H17BN6/c1-2-10-19(9-1)17-18-32-37-28-22-13-5-7-15-24(22)30(37)36-31-25-16-8-6-14-23(25)29(38(31)32)35-27-21-12-4-3-11-20(21)26(33-27)34-28/h1-16,19H. The maximum absolute atomic E-state index is 5.27. The number of allylic oxidation sites excluding steroid dienone is 4. The molecule has 2 aromatic heterocycles. The van der Waals surface area contributed by atoms with Crippen molar-refractivity contribution in [3.05, 3.63) is 119 Å². The molecule has 5 aromatic rings. The molecule has 1 aliphatic carbocycles. The summed E-state index contributed by atoms with van der Waals surface area (Å²) in [6.07, 6.45) is 8.32. The van der Waals surface area contributed by atoms with Gasteiger partial charge in [-0.05, 0) is 0 Å². The molecule has 0 unspecified atom stereocenters. The van der Waals surface area contributed by atoms with E-state index in [4.69, 9.17) is 20.0 Å². The van der Waals surface area contributed by atoms with Gasteiger partial charge in [0.15, 0.2) is 11.7 Å². The van der Waals surface area contributed by atoms with E-state index in [1.165, 1.54) is 0 Å². The number of aromatic nitrogens is 2. The van der Waals surface area contributed by atoms with E-state index in [9.17, 15) is 0 Å². The molecule has 7 heteroatoms. The molecule has 5 heterocycles. The fraction of sp³-hybridized carbons (Fsp3) is 0.0323. The maximum atomic E-state index is 5.27. The Balaban J connectivity index is 1.52. The van der Waals surface area contributed by atoms with Crippen LogP contribution in [0.25, 0.3) is 21.5 Å². The highest BCUT2D eigenvalue weighted by Crippen LogP contribution is 2.40. The summed E-state index contributed by atoms with van der Waals surface area (Å²) in [6, 6.07) is 24.8. The van der Waals surface area contributed by atoms with Crippen LogP contribution in [-0.2, 0) is 0 Å². The Kier molecular flexibility index (Phi) is 3.76. The van der Waals surface area contributed by atoms with Crippen molar-refractivity contribution in [2.24, 2.45) is 25.9 Å². The number of amidine groups is 2. The van der Waals surface area contributed by atoms with Crippen molar-refractivity contribution in [2.75, 3.05) is 0 Å². The summed E-state index contributed by atoms with van der Waals surface area (Å²) in [5.41, 5.74) is 3.63. The minimum Gasteiger partial charge on any atom is -0.322 e. The van der Waals surface area contributed by atoms with Crippen molar-refractivity contribution in [1.29, 1.82) is 0 Å². The lowest BCUT2D eigenvalue weighted by Gasteiger charge is -2.19. The molecule has 0 spiro atoms. The zero-order valence-corrected chi connectivity index (χ0v) is 20.1. The van der Waals surface area contributed by atoms with Crippen molar-refractivity contribution < 1.29 is 0 Å². The number of fused-ring (bicyclic) bond motifs is 10. The number of nitrogens with zero attached hydrogens (tertiary/aromatic N) is 6. The first-order valence-corrected chi connectivity index (χ1v) is 12.7. The number of aliphatic imine (C=N–C) groups is 2. The number of rotatable bonds is 0. The van der Waals surface area contributed by atoms with Crippen molar-refractivity contribution in [2.45, 2.75) is 0 Å². The summed E-state index contributed by atoms with van der Waals surface area (Å²) < 4.78 is 4.33. The van der Waals surface area contributed by atoms with E-state index in [0.29, 0.717) is 11.7 Å². The average Bonchev–Trinajstić information content (AvgIpc) is 3.73. The molecule has 0 N–H and O–H groups in total. The third-order valence-electron chi connectivity index (χ3n) is 7.60. The molecule has 6 nitrogen and oxygen atoms in total. The fourth-order valence-corrected chi connectivity index (χ4v) is 5.89. The van der Waals surface area contributed by atoms with Crippen LogP contribution in [0.1, 0.15) is 11.1 Å². The molecule has 0 atom stereocenters. The molecule has 0 radical (unpaired) electrons. The van der Waals surface area contributed by atoms with E-state index in [1.807, 2.05) is 36.4 Å². The zero-order valence-electron chi connectivity index (χ0n) is 20.1. The molecule has 3 aromatic carbocycles. The van der Waals surface area contributed by atoms with Crippen LogP contribution < -0.4 is 11.0 Å². The van der Waals surface area contributed by atoms with Crippen LogP contribution in [0.2, 0.25) is 0 Å². The van der Waals surface area contributed by atoms with Gasteiger partial charge in [-0.25, -0.2) is 20.0 Å². The van der Waals surface area contributed by atoms with Crippen molar-refractivity contribution in [3.63, 3.8) is 0 Å². The lowest BCUT2D eigenvalue weighted by atomic mass is 9.75. The Labute approximate surface area is 217 Å². The van der Waals surface area contributed by atoms with Gasteiger partial charge in [0.25, 0.3) is 0 Å². The van der Waals surface area contributed by atoms with Gasteiger partial charge in [-0.2, -0.15) is 0 Å². The van der Waals surface area contributed by atoms with Crippen LogP contribution >= 0.6 is 0 Å². The molecule has 174 valence electrons. The second kappa shape index (κ2) is 7.18. The second-order valence-electron chi connectivity index (χ2n) is 9.72. The summed E-state index contributed by atoms with van der Waals surface area (Å²) in [5.74, 6) is 10.2. The van der Waals surface area contributed by atoms with E-state index in [0.717, 1.165) is 55.3 Å². The van der Waals surface area contributed by atoms with Crippen molar-refractivity contribution in [3.8, 4) is 11.7 Å². The third-order valence-corrected chi connectivity index (χ3v) is 7.60. The molecule has 38 heavy (non-hydrogen) atoms. The highest BCUT2D eigenvalue weighted by molar-refractivity contribution is 6.66. The highest BCUT2D eigenvalue weighted by atomic mass is 15.2. The first-order chi connectivity index (χ1) is 18.8. The summed E-state index contributed by atoms with van der Waals surface area (Å²) in [6.45, 7) is -0.376. The van der Waals surface area contributed by atoms with Gasteiger partial charge in [-0.15, -0.1) is 0 Å². The summed E-state index contributed by atoms with van der Waals surface area (Å²) in [5, 5.41) is 4.15. The third kappa shape index (κ3) is 2.54. The maximum Gasteiger partial charge on any atom is 0.479 e. The number of benzene rings is 3. The molecule has 4 bridgehead atoms. The predicted octanol–water partition coefficient (Wildman–Crippen LogP) is 4.50. The quantitative estimate of drug-likeness (QED) is 0.230. The lowest BCUT2D eigenvalue weighted by Crippen LogP contribution is -2.47. The highest BCUT2D eigenvalue weighted by Gasteiger charge is 2.35. The molecule has 9 rings (SSSR count). The second-order valence-corrected chi connectivity index (χ2v) is 9.72. The van der Waals surface area contributed by atoms with Crippen LogP contribution in [0.5, 0.6) is 0 Å². The zero-order chi connectivity index (χ0) is 24.8. The normalized spacial score (nSPS) is 16.1. The molecule has 0 saturated carbocycles. The minimum atomic E-state index is -0.376. The van der Waals surface area contributed by atoms with E-state index in [-0.39, 0.29) is 12.9 Å². The summed E-state index contributed by atoms with van der Waals surface area (Å²) >= 11 is 0. The molecular weight excluding hydrogens is 467 g/mol. The Hall–Kier alpha value is -5.22. The Morgan fingerprint density at radius 2 is 1.13 bits per heavy atom. The van der Waals surface area contributed by atoms with Crippen LogP contribution in [0, 0.1) is 17.7 Å². The van der Waals surface area contributed by atoms with Gasteiger partial charge < -0.3 is 8.96 Å². The average molecular weight is 484 g/mol. The molecular formula is C31H17BN6. The van der Waals surface area contributed by atoms with Crippen LogP contribution in [0.15, 0.2) is 117 Å². The molecule has 0 amide bonds. The van der Waals surface area contributed by atoms with Gasteiger partial charge in [-0.3, -0.25) is 0 Å². The van der Waals surface area contributed by atoms with E-state index in [2.05, 4.69) is 81.4 Å². The lowest BCUT2D eigenvalue weighted by molar-refractivity contribution is 0.930. The van der Waals surface area contributed by atoms with Gasteiger partial charge in [-0.1, -0.05) is 109 Å². The van der Waals surface area contributed by atoms with Gasteiger partial charge in [0.05, 0.1) is 5.92 Å². The smallest absolute Gasteiger partial charge is 0.322 e. The minimum absolute atomic E-state index is 0.0728. The SMILES string of the molecule is C(#CC1C=CC=C1)B1n2c3c4ccccc4c2N=c2c4ccccc4c(n21)=NC1=NC(=N3)c2ccccc21. The monoisotopic (exact) mass is 484 g/mol. The number of hydrogen-bond donors (Lipinski definition) is 0. The van der Waals surface area contributed by atoms with Crippen LogP contribution in [-0.4, -0.2) is 27.6 Å². The van der Waals surface area contributed by atoms with Crippen molar-refractivity contribution in [1.82, 2.24) is 8.96 Å². The van der Waals surface area contributed by atoms with Crippen LogP contribution in [0.4, 0.5) is 11.6 Å². The van der Waals surface area contributed by atoms with Gasteiger partial charge in [0, 0.05) is 32.7 Å². The Morgan fingerprint density at radius 1 is 0.579 bits per heavy atom. The van der Waals surface area contributed by atoms with Crippen LogP contribution in [0.3, 0.4) is 0 Å².